The molecule has 2 aromatic rings. The number of carbonyl (C=O) groups excluding carboxylic acids is 1. The highest BCUT2D eigenvalue weighted by Crippen LogP contribution is 2.27. The molecule has 2 heterocycles. The van der Waals surface area contributed by atoms with Crippen molar-refractivity contribution in [2.45, 2.75) is 44.7 Å². The standard InChI is InChI=1S/C21H26FN3O2/c22-20-7-2-1-6-17(20)12-21(26)24-13-18-8-10-23-25(18)19(14-24)9-11-27-15-16-4-3-5-16/h1-2,6-8,10,16,19H,3-5,9,11-15H2/t19-/m0/s1. The Balaban J connectivity index is 1.36. The van der Waals surface area contributed by atoms with E-state index in [4.69, 9.17) is 4.74 Å². The van der Waals surface area contributed by atoms with Crippen molar-refractivity contribution < 1.29 is 13.9 Å². The predicted octanol–water partition coefficient (Wildman–Crippen LogP) is 3.36. The van der Waals surface area contributed by atoms with Crippen LogP contribution in [0, 0.1) is 11.7 Å². The molecule has 1 saturated carbocycles. The average molecular weight is 371 g/mol. The van der Waals surface area contributed by atoms with Crippen LogP contribution in [-0.4, -0.2) is 40.3 Å². The Kier molecular flexibility index (Phi) is 5.53. The summed E-state index contributed by atoms with van der Waals surface area (Å²) in [7, 11) is 0. The number of aromatic nitrogens is 2. The van der Waals surface area contributed by atoms with Gasteiger partial charge in [0, 0.05) is 26.0 Å². The van der Waals surface area contributed by atoms with Gasteiger partial charge in [0.25, 0.3) is 0 Å². The van der Waals surface area contributed by atoms with Crippen molar-refractivity contribution in [3.63, 3.8) is 0 Å². The first-order chi connectivity index (χ1) is 13.2. The Bertz CT molecular complexity index is 787. The van der Waals surface area contributed by atoms with Crippen molar-refractivity contribution in [3.8, 4) is 0 Å². The monoisotopic (exact) mass is 371 g/mol. The normalized spacial score (nSPS) is 19.6. The van der Waals surface area contributed by atoms with Crippen molar-refractivity contribution in [1.29, 1.82) is 0 Å². The van der Waals surface area contributed by atoms with Crippen LogP contribution in [0.3, 0.4) is 0 Å². The first-order valence-corrected chi connectivity index (χ1v) is 9.82. The number of carbonyl (C=O) groups is 1. The summed E-state index contributed by atoms with van der Waals surface area (Å²) < 4.78 is 21.7. The Hall–Kier alpha value is -2.21. The summed E-state index contributed by atoms with van der Waals surface area (Å²) in [6.07, 6.45) is 6.58. The zero-order valence-electron chi connectivity index (χ0n) is 15.5. The molecule has 0 saturated heterocycles. The van der Waals surface area contributed by atoms with Crippen LogP contribution in [0.15, 0.2) is 36.5 Å². The molecule has 4 rings (SSSR count). The molecule has 6 heteroatoms. The molecule has 1 fully saturated rings. The van der Waals surface area contributed by atoms with E-state index in [0.717, 1.165) is 24.6 Å². The number of nitrogens with zero attached hydrogens (tertiary/aromatic N) is 3. The van der Waals surface area contributed by atoms with Gasteiger partial charge in [-0.05, 0) is 42.9 Å². The summed E-state index contributed by atoms with van der Waals surface area (Å²) in [5, 5.41) is 4.43. The van der Waals surface area contributed by atoms with Crippen LogP contribution in [-0.2, 0) is 22.5 Å². The second kappa shape index (κ2) is 8.21. The van der Waals surface area contributed by atoms with E-state index in [0.29, 0.717) is 25.3 Å². The van der Waals surface area contributed by atoms with Crippen molar-refractivity contribution in [2.75, 3.05) is 19.8 Å². The fourth-order valence-electron chi connectivity index (χ4n) is 3.84. The average Bonchev–Trinajstić information content (AvgIpc) is 3.10. The maximum absolute atomic E-state index is 13.9. The molecule has 1 aliphatic heterocycles. The van der Waals surface area contributed by atoms with E-state index in [9.17, 15) is 9.18 Å². The van der Waals surface area contributed by atoms with E-state index >= 15 is 0 Å². The third-order valence-corrected chi connectivity index (χ3v) is 5.71. The Labute approximate surface area is 159 Å². The first-order valence-electron chi connectivity index (χ1n) is 9.82. The number of ether oxygens (including phenoxy) is 1. The van der Waals surface area contributed by atoms with Gasteiger partial charge in [-0.3, -0.25) is 9.48 Å². The number of rotatable bonds is 7. The molecular formula is C21H26FN3O2. The molecule has 1 aromatic carbocycles. The maximum atomic E-state index is 13.9. The van der Waals surface area contributed by atoms with Gasteiger partial charge in [0.1, 0.15) is 5.82 Å². The Morgan fingerprint density at radius 3 is 2.89 bits per heavy atom. The highest BCUT2D eigenvalue weighted by Gasteiger charge is 2.28. The first kappa shape index (κ1) is 18.2. The number of benzene rings is 1. The molecule has 1 amide bonds. The van der Waals surface area contributed by atoms with Crippen molar-refractivity contribution >= 4 is 5.91 Å². The zero-order chi connectivity index (χ0) is 18.6. The number of amides is 1. The van der Waals surface area contributed by atoms with E-state index in [2.05, 4.69) is 5.10 Å². The van der Waals surface area contributed by atoms with Gasteiger partial charge < -0.3 is 9.64 Å². The minimum atomic E-state index is -0.325. The largest absolute Gasteiger partial charge is 0.381 e. The van der Waals surface area contributed by atoms with Crippen LogP contribution in [0.1, 0.15) is 43.0 Å². The quantitative estimate of drug-likeness (QED) is 0.701. The van der Waals surface area contributed by atoms with Crippen LogP contribution in [0.2, 0.25) is 0 Å². The topological polar surface area (TPSA) is 47.4 Å². The van der Waals surface area contributed by atoms with E-state index in [1.807, 2.05) is 15.6 Å². The van der Waals surface area contributed by atoms with Crippen molar-refractivity contribution in [3.05, 3.63) is 53.6 Å². The number of fused-ring (bicyclic) bond motifs is 1. The molecule has 1 aliphatic carbocycles. The molecule has 0 spiro atoms. The fraction of sp³-hybridized carbons (Fsp3) is 0.524. The number of hydrogen-bond acceptors (Lipinski definition) is 3. The lowest BCUT2D eigenvalue weighted by atomic mass is 9.86. The van der Waals surface area contributed by atoms with E-state index < -0.39 is 0 Å². The Morgan fingerprint density at radius 2 is 2.11 bits per heavy atom. The second-order valence-corrected chi connectivity index (χ2v) is 7.62. The van der Waals surface area contributed by atoms with Gasteiger partial charge >= 0.3 is 0 Å². The molecule has 0 unspecified atom stereocenters. The van der Waals surface area contributed by atoms with Gasteiger partial charge in [-0.25, -0.2) is 4.39 Å². The van der Waals surface area contributed by atoms with E-state index in [1.54, 1.807) is 24.4 Å². The third-order valence-electron chi connectivity index (χ3n) is 5.71. The molecule has 5 nitrogen and oxygen atoms in total. The van der Waals surface area contributed by atoms with E-state index in [1.165, 1.54) is 25.3 Å². The van der Waals surface area contributed by atoms with Crippen molar-refractivity contribution in [2.24, 2.45) is 5.92 Å². The summed E-state index contributed by atoms with van der Waals surface area (Å²) in [4.78, 5) is 14.6. The molecule has 0 N–H and O–H groups in total. The molecule has 0 radical (unpaired) electrons. The second-order valence-electron chi connectivity index (χ2n) is 7.62. The van der Waals surface area contributed by atoms with Gasteiger partial charge in [-0.2, -0.15) is 5.10 Å². The van der Waals surface area contributed by atoms with Crippen LogP contribution in [0.25, 0.3) is 0 Å². The van der Waals surface area contributed by atoms with Gasteiger partial charge in [-0.15, -0.1) is 0 Å². The molecule has 1 aromatic heterocycles. The SMILES string of the molecule is O=C(Cc1ccccc1F)N1Cc2ccnn2[C@@H](CCOCC2CCC2)C1. The number of halogens is 1. The molecule has 0 bridgehead atoms. The van der Waals surface area contributed by atoms with Crippen LogP contribution < -0.4 is 0 Å². The molecule has 27 heavy (non-hydrogen) atoms. The highest BCUT2D eigenvalue weighted by atomic mass is 19.1. The van der Waals surface area contributed by atoms with Gasteiger partial charge in [0.2, 0.25) is 5.91 Å². The molecule has 2 aliphatic rings. The lowest BCUT2D eigenvalue weighted by Crippen LogP contribution is -2.42. The predicted molar refractivity (Wildman–Crippen MR) is 99.6 cm³/mol. The van der Waals surface area contributed by atoms with Crippen molar-refractivity contribution in [1.82, 2.24) is 14.7 Å². The highest BCUT2D eigenvalue weighted by molar-refractivity contribution is 5.79. The van der Waals surface area contributed by atoms with Gasteiger partial charge in [0.15, 0.2) is 0 Å². The lowest BCUT2D eigenvalue weighted by Gasteiger charge is -2.34. The third kappa shape index (κ3) is 4.21. The summed E-state index contributed by atoms with van der Waals surface area (Å²) in [6.45, 7) is 2.63. The minimum Gasteiger partial charge on any atom is -0.381 e. The van der Waals surface area contributed by atoms with Gasteiger partial charge in [0.05, 0.1) is 24.7 Å². The summed E-state index contributed by atoms with van der Waals surface area (Å²) in [5.41, 5.74) is 1.47. The molecular weight excluding hydrogens is 345 g/mol. The van der Waals surface area contributed by atoms with Crippen LogP contribution in [0.4, 0.5) is 4.39 Å². The lowest BCUT2D eigenvalue weighted by molar-refractivity contribution is -0.132. The van der Waals surface area contributed by atoms with Crippen LogP contribution >= 0.6 is 0 Å². The Morgan fingerprint density at radius 1 is 1.26 bits per heavy atom. The fourth-order valence-corrected chi connectivity index (χ4v) is 3.84. The summed E-state index contributed by atoms with van der Waals surface area (Å²) in [6, 6.07) is 8.53. The minimum absolute atomic E-state index is 0.0482. The molecule has 144 valence electrons. The summed E-state index contributed by atoms with van der Waals surface area (Å²) in [5.74, 6) is 0.359. The molecule has 1 atom stereocenters. The maximum Gasteiger partial charge on any atom is 0.227 e. The van der Waals surface area contributed by atoms with Gasteiger partial charge in [-0.1, -0.05) is 24.6 Å². The zero-order valence-corrected chi connectivity index (χ0v) is 15.5. The van der Waals surface area contributed by atoms with E-state index in [-0.39, 0.29) is 24.2 Å². The number of hydrogen-bond donors (Lipinski definition) is 0. The summed E-state index contributed by atoms with van der Waals surface area (Å²) >= 11 is 0. The van der Waals surface area contributed by atoms with Crippen LogP contribution in [0.5, 0.6) is 0 Å². The smallest absolute Gasteiger partial charge is 0.227 e.